The van der Waals surface area contributed by atoms with Gasteiger partial charge in [-0.15, -0.1) is 0 Å². The van der Waals surface area contributed by atoms with E-state index >= 15 is 0 Å². The maximum Gasteiger partial charge on any atom is 0.187 e. The molecule has 0 atom stereocenters. The summed E-state index contributed by atoms with van der Waals surface area (Å²) in [5, 5.41) is 2.06. The number of hydrogen-bond acceptors (Lipinski definition) is 3. The van der Waals surface area contributed by atoms with Gasteiger partial charge in [0.2, 0.25) is 0 Å². The van der Waals surface area contributed by atoms with Crippen LogP contribution in [0.4, 0.5) is 5.69 Å². The van der Waals surface area contributed by atoms with Crippen LogP contribution in [-0.4, -0.2) is 9.97 Å². The van der Waals surface area contributed by atoms with Gasteiger partial charge < -0.3 is 4.74 Å². The molecule has 4 nitrogen and oxygen atoms in total. The third kappa shape index (κ3) is 3.64. The second kappa shape index (κ2) is 9.96. The predicted octanol–water partition coefficient (Wildman–Crippen LogP) is 11.1. The molecule has 8 aromatic rings. The van der Waals surface area contributed by atoms with E-state index in [4.69, 9.17) is 21.3 Å². The first-order chi connectivity index (χ1) is 23.7. The van der Waals surface area contributed by atoms with Crippen molar-refractivity contribution in [3.63, 3.8) is 0 Å². The highest BCUT2D eigenvalue weighted by atomic mass is 16.5. The Labute approximate surface area is 277 Å². The number of hydrogen-bond donors (Lipinski definition) is 0. The number of nitrogens with zero attached hydrogens (tertiary/aromatic N) is 3. The Morgan fingerprint density at radius 3 is 1.65 bits per heavy atom. The van der Waals surface area contributed by atoms with Gasteiger partial charge in [-0.2, -0.15) is 0 Å². The van der Waals surface area contributed by atoms with Crippen molar-refractivity contribution in [1.82, 2.24) is 9.97 Å². The van der Waals surface area contributed by atoms with E-state index in [2.05, 4.69) is 120 Å². The topological polar surface area (TPSA) is 39.4 Å². The number of benzene rings is 6. The smallest absolute Gasteiger partial charge is 0.187 e. The summed E-state index contributed by atoms with van der Waals surface area (Å²) in [4.78, 5) is 13.9. The monoisotopic (exact) mass is 611 g/mol. The van der Waals surface area contributed by atoms with Crippen molar-refractivity contribution < 1.29 is 4.74 Å². The zero-order valence-corrected chi connectivity index (χ0v) is 25.7. The molecule has 1 aliphatic carbocycles. The molecule has 0 N–H and O–H groups in total. The number of pyridine rings is 2. The van der Waals surface area contributed by atoms with Gasteiger partial charge in [0.1, 0.15) is 11.5 Å². The number of para-hydroxylation sites is 1. The lowest BCUT2D eigenvalue weighted by atomic mass is 9.66. The van der Waals surface area contributed by atoms with E-state index in [0.29, 0.717) is 5.69 Å². The van der Waals surface area contributed by atoms with E-state index in [-0.39, 0.29) is 0 Å². The first-order valence-electron chi connectivity index (χ1n) is 16.0. The van der Waals surface area contributed by atoms with Gasteiger partial charge in [0.05, 0.1) is 34.4 Å². The van der Waals surface area contributed by atoms with Gasteiger partial charge in [-0.25, -0.2) is 14.8 Å². The minimum atomic E-state index is -0.532. The molecule has 3 heterocycles. The molecule has 0 radical (unpaired) electrons. The molecule has 1 aliphatic heterocycles. The Kier molecular flexibility index (Phi) is 5.53. The maximum absolute atomic E-state index is 7.30. The highest BCUT2D eigenvalue weighted by Crippen LogP contribution is 2.62. The lowest BCUT2D eigenvalue weighted by Gasteiger charge is -2.39. The van der Waals surface area contributed by atoms with E-state index in [1.54, 1.807) is 0 Å². The van der Waals surface area contributed by atoms with Gasteiger partial charge >= 0.3 is 0 Å². The molecule has 0 bridgehead atoms. The van der Waals surface area contributed by atoms with Crippen LogP contribution in [0.1, 0.15) is 22.3 Å². The predicted molar refractivity (Wildman–Crippen MR) is 192 cm³/mol. The molecule has 0 saturated heterocycles. The van der Waals surface area contributed by atoms with E-state index in [9.17, 15) is 0 Å². The largest absolute Gasteiger partial charge is 0.457 e. The molecule has 0 fully saturated rings. The molecule has 2 aliphatic rings. The van der Waals surface area contributed by atoms with Crippen molar-refractivity contribution in [2.45, 2.75) is 5.41 Å². The van der Waals surface area contributed by atoms with E-state index in [0.717, 1.165) is 66.9 Å². The van der Waals surface area contributed by atoms with Crippen LogP contribution in [0.15, 0.2) is 152 Å². The molecule has 6 aromatic carbocycles. The number of ether oxygens (including phenoxy) is 1. The molecule has 1 spiro atoms. The summed E-state index contributed by atoms with van der Waals surface area (Å²) < 4.78 is 6.64. The molecule has 10 rings (SSSR count). The first-order valence-corrected chi connectivity index (χ1v) is 16.0. The summed E-state index contributed by atoms with van der Waals surface area (Å²) in [7, 11) is 0. The molecular weight excluding hydrogens is 587 g/mol. The van der Waals surface area contributed by atoms with Crippen molar-refractivity contribution in [3.05, 3.63) is 185 Å². The van der Waals surface area contributed by atoms with Crippen LogP contribution in [-0.2, 0) is 5.41 Å². The minimum Gasteiger partial charge on any atom is -0.457 e. The van der Waals surface area contributed by atoms with E-state index in [1.807, 2.05) is 36.4 Å². The van der Waals surface area contributed by atoms with Crippen molar-refractivity contribution in [3.8, 4) is 45.1 Å². The van der Waals surface area contributed by atoms with Gasteiger partial charge in [0.25, 0.3) is 0 Å². The van der Waals surface area contributed by atoms with Crippen molar-refractivity contribution in [1.29, 1.82) is 0 Å². The van der Waals surface area contributed by atoms with Crippen LogP contribution in [0.2, 0.25) is 0 Å². The summed E-state index contributed by atoms with van der Waals surface area (Å²) in [6.07, 6.45) is 0. The number of fused-ring (bicyclic) bond motifs is 12. The fourth-order valence-electron chi connectivity index (χ4n) is 7.81. The number of aromatic nitrogens is 2. The van der Waals surface area contributed by atoms with Gasteiger partial charge in [0.15, 0.2) is 5.69 Å². The average Bonchev–Trinajstić information content (AvgIpc) is 3.45. The van der Waals surface area contributed by atoms with Gasteiger partial charge in [-0.1, -0.05) is 115 Å². The lowest BCUT2D eigenvalue weighted by Crippen LogP contribution is -2.32. The molecule has 4 heteroatoms. The third-order valence-electron chi connectivity index (χ3n) is 9.95. The summed E-state index contributed by atoms with van der Waals surface area (Å²) >= 11 is 0. The third-order valence-corrected chi connectivity index (χ3v) is 9.95. The highest BCUT2D eigenvalue weighted by molar-refractivity contribution is 6.04. The molecule has 0 saturated carbocycles. The van der Waals surface area contributed by atoms with Crippen molar-refractivity contribution >= 4 is 27.5 Å². The summed E-state index contributed by atoms with van der Waals surface area (Å²) in [5.41, 5.74) is 12.8. The number of rotatable bonds is 2. The second-order valence-electron chi connectivity index (χ2n) is 12.4. The Morgan fingerprint density at radius 1 is 0.479 bits per heavy atom. The summed E-state index contributed by atoms with van der Waals surface area (Å²) in [5.74, 6) is 1.73. The van der Waals surface area contributed by atoms with Crippen molar-refractivity contribution in [2.75, 3.05) is 0 Å². The van der Waals surface area contributed by atoms with Crippen LogP contribution in [0.5, 0.6) is 11.5 Å². The van der Waals surface area contributed by atoms with Gasteiger partial charge in [-0.3, -0.25) is 0 Å². The molecule has 222 valence electrons. The van der Waals surface area contributed by atoms with Crippen LogP contribution in [0.3, 0.4) is 0 Å². The molecule has 0 unspecified atom stereocenters. The molecular formula is C44H25N3O. The second-order valence-corrected chi connectivity index (χ2v) is 12.4. The quantitative estimate of drug-likeness (QED) is 0.144. The van der Waals surface area contributed by atoms with Crippen LogP contribution in [0.25, 0.3) is 60.3 Å². The molecule has 0 amide bonds. The lowest BCUT2D eigenvalue weighted by molar-refractivity contribution is 0.436. The summed E-state index contributed by atoms with van der Waals surface area (Å²) in [6.45, 7) is 7.30. The zero-order valence-electron chi connectivity index (χ0n) is 25.7. The average molecular weight is 612 g/mol. The van der Waals surface area contributed by atoms with Crippen molar-refractivity contribution in [2.24, 2.45) is 0 Å². The normalized spacial score (nSPS) is 13.3. The van der Waals surface area contributed by atoms with Crippen LogP contribution in [0, 0.1) is 6.57 Å². The Bertz CT molecular complexity index is 2620. The highest BCUT2D eigenvalue weighted by Gasteiger charge is 2.51. The van der Waals surface area contributed by atoms with Crippen LogP contribution < -0.4 is 4.74 Å². The van der Waals surface area contributed by atoms with E-state index < -0.39 is 5.41 Å². The zero-order chi connectivity index (χ0) is 31.8. The van der Waals surface area contributed by atoms with Gasteiger partial charge in [-0.05, 0) is 64.2 Å². The Hall–Kier alpha value is -6.57. The molecule has 48 heavy (non-hydrogen) atoms. The fraction of sp³-hybridized carbons (Fsp3) is 0.0227. The first kappa shape index (κ1) is 26.6. The Balaban J connectivity index is 1.19. The fourth-order valence-corrected chi connectivity index (χ4v) is 7.81. The van der Waals surface area contributed by atoms with Crippen LogP contribution >= 0.6 is 0 Å². The summed E-state index contributed by atoms with van der Waals surface area (Å²) in [6, 6.07) is 52.6. The van der Waals surface area contributed by atoms with E-state index in [1.165, 1.54) is 22.3 Å². The molecule has 2 aromatic heterocycles. The standard InChI is InChI=1S/C44H25N3O/c1-45-31-21-16-27(17-22-31)38-23-18-28-14-15-29-19-24-39(47-43(29)42(28)46-38)30-20-25-41-37(26-30)44(36-12-6-7-13-40(36)48-41)34-10-4-2-8-32(34)33-9-3-5-11-35(33)44/h2-26H. The minimum absolute atomic E-state index is 0.532. The van der Waals surface area contributed by atoms with Gasteiger partial charge in [0, 0.05) is 27.5 Å². The SMILES string of the molecule is [C-]#[N+]c1ccc(-c2ccc3ccc4ccc(-c5ccc6c(c5)C5(c7ccccc7O6)c6ccccc6-c6ccccc65)nc4c3n2)cc1. The Morgan fingerprint density at radius 2 is 1.00 bits per heavy atom. The maximum atomic E-state index is 7.30.